The molecule has 0 aliphatic carbocycles. The zero-order chi connectivity index (χ0) is 18.1. The van der Waals surface area contributed by atoms with E-state index in [-0.39, 0.29) is 18.1 Å². The molecule has 1 amide bonds. The third-order valence-electron chi connectivity index (χ3n) is 5.36. The topological polar surface area (TPSA) is 38.8 Å². The molecule has 6 heteroatoms. The Morgan fingerprint density at radius 2 is 2.15 bits per heavy atom. The summed E-state index contributed by atoms with van der Waals surface area (Å²) >= 11 is 7.78. The molecule has 1 spiro atoms. The number of thiophene rings is 1. The first-order valence-corrected chi connectivity index (χ1v) is 10.2. The molecule has 138 valence electrons. The van der Waals surface area contributed by atoms with Crippen molar-refractivity contribution in [2.75, 3.05) is 26.3 Å². The molecule has 2 aliphatic rings. The molecule has 0 saturated carbocycles. The van der Waals surface area contributed by atoms with Crippen LogP contribution < -0.4 is 4.74 Å². The van der Waals surface area contributed by atoms with E-state index >= 15 is 0 Å². The van der Waals surface area contributed by atoms with Gasteiger partial charge in [-0.05, 0) is 60.5 Å². The Morgan fingerprint density at radius 3 is 2.92 bits per heavy atom. The molecule has 0 N–H and O–H groups in total. The highest BCUT2D eigenvalue weighted by atomic mass is 35.5. The third-order valence-corrected chi connectivity index (χ3v) is 6.57. The second-order valence-corrected chi connectivity index (χ2v) is 8.37. The van der Waals surface area contributed by atoms with Gasteiger partial charge in [0.2, 0.25) is 0 Å². The van der Waals surface area contributed by atoms with E-state index < -0.39 is 0 Å². The van der Waals surface area contributed by atoms with E-state index in [0.717, 1.165) is 31.4 Å². The number of amides is 1. The molecule has 0 bridgehead atoms. The van der Waals surface area contributed by atoms with Gasteiger partial charge in [-0.3, -0.25) is 4.79 Å². The molecule has 4 nitrogen and oxygen atoms in total. The van der Waals surface area contributed by atoms with Crippen LogP contribution in [0.15, 0.2) is 29.6 Å². The van der Waals surface area contributed by atoms with Crippen LogP contribution in [-0.4, -0.2) is 37.1 Å². The van der Waals surface area contributed by atoms with Crippen LogP contribution >= 0.6 is 22.9 Å². The number of piperidine rings is 1. The summed E-state index contributed by atoms with van der Waals surface area (Å²) in [6.45, 7) is 4.17. The predicted octanol–water partition coefficient (Wildman–Crippen LogP) is 4.18. The van der Waals surface area contributed by atoms with Crippen molar-refractivity contribution < 1.29 is 14.3 Å². The Balaban J connectivity index is 1.36. The van der Waals surface area contributed by atoms with Gasteiger partial charge in [-0.15, -0.1) is 11.3 Å². The summed E-state index contributed by atoms with van der Waals surface area (Å²) < 4.78 is 11.9. The molecule has 2 aromatic rings. The maximum absolute atomic E-state index is 12.6. The summed E-state index contributed by atoms with van der Waals surface area (Å²) in [7, 11) is 0. The van der Waals surface area contributed by atoms with Gasteiger partial charge < -0.3 is 14.4 Å². The van der Waals surface area contributed by atoms with Gasteiger partial charge in [-0.1, -0.05) is 11.6 Å². The summed E-state index contributed by atoms with van der Waals surface area (Å²) in [5.41, 5.74) is 2.08. The molecular formula is C20H22ClNO3S. The monoisotopic (exact) mass is 391 g/mol. The molecule has 2 aliphatic heterocycles. The van der Waals surface area contributed by atoms with Crippen LogP contribution in [0.3, 0.4) is 0 Å². The van der Waals surface area contributed by atoms with E-state index in [1.165, 1.54) is 10.4 Å². The van der Waals surface area contributed by atoms with Gasteiger partial charge in [0.25, 0.3) is 5.91 Å². The molecule has 3 heterocycles. The van der Waals surface area contributed by atoms with E-state index in [1.807, 2.05) is 35.3 Å². The fourth-order valence-corrected chi connectivity index (χ4v) is 5.07. The first-order chi connectivity index (χ1) is 12.6. The molecule has 0 atom stereocenters. The van der Waals surface area contributed by atoms with Crippen molar-refractivity contribution in [2.45, 2.75) is 31.8 Å². The van der Waals surface area contributed by atoms with Gasteiger partial charge in [0.15, 0.2) is 6.61 Å². The normalized spacial score (nSPS) is 18.6. The SMILES string of the molecule is Cc1cc(Cl)ccc1OCC(=O)N1CCC2(CC1)OCCc1sccc12. The van der Waals surface area contributed by atoms with E-state index in [4.69, 9.17) is 21.1 Å². The second kappa shape index (κ2) is 7.22. The fourth-order valence-electron chi connectivity index (χ4n) is 3.89. The number of rotatable bonds is 3. The number of likely N-dealkylation sites (tertiary alicyclic amines) is 1. The van der Waals surface area contributed by atoms with Crippen LogP contribution in [-0.2, 0) is 21.6 Å². The van der Waals surface area contributed by atoms with E-state index in [9.17, 15) is 4.79 Å². The van der Waals surface area contributed by atoms with Gasteiger partial charge in [0.1, 0.15) is 5.75 Å². The average molecular weight is 392 g/mol. The Bertz CT molecular complexity index is 811. The maximum Gasteiger partial charge on any atom is 0.260 e. The van der Waals surface area contributed by atoms with Crippen molar-refractivity contribution >= 4 is 28.8 Å². The van der Waals surface area contributed by atoms with Gasteiger partial charge in [-0.2, -0.15) is 0 Å². The zero-order valence-electron chi connectivity index (χ0n) is 14.8. The largest absolute Gasteiger partial charge is 0.483 e. The maximum atomic E-state index is 12.6. The van der Waals surface area contributed by atoms with Gasteiger partial charge in [0.05, 0.1) is 12.2 Å². The lowest BCUT2D eigenvalue weighted by molar-refractivity contribution is -0.142. The summed E-state index contributed by atoms with van der Waals surface area (Å²) in [5.74, 6) is 0.727. The van der Waals surface area contributed by atoms with Crippen molar-refractivity contribution in [3.63, 3.8) is 0 Å². The number of fused-ring (bicyclic) bond motifs is 2. The van der Waals surface area contributed by atoms with Crippen LogP contribution in [0.25, 0.3) is 0 Å². The molecular weight excluding hydrogens is 370 g/mol. The highest BCUT2D eigenvalue weighted by Gasteiger charge is 2.42. The minimum atomic E-state index is -0.196. The van der Waals surface area contributed by atoms with Crippen molar-refractivity contribution in [3.05, 3.63) is 50.7 Å². The van der Waals surface area contributed by atoms with E-state index in [0.29, 0.717) is 23.9 Å². The molecule has 1 saturated heterocycles. The Labute approximate surface area is 162 Å². The number of carbonyl (C=O) groups excluding carboxylic acids is 1. The molecule has 0 radical (unpaired) electrons. The quantitative estimate of drug-likeness (QED) is 0.787. The average Bonchev–Trinajstić information content (AvgIpc) is 3.12. The number of nitrogens with zero attached hydrogens (tertiary/aromatic N) is 1. The summed E-state index contributed by atoms with van der Waals surface area (Å²) in [5, 5.41) is 2.82. The van der Waals surface area contributed by atoms with Crippen molar-refractivity contribution in [1.29, 1.82) is 0 Å². The standard InChI is InChI=1S/C20H22ClNO3S/c1-14-12-15(21)2-3-17(14)24-13-19(23)22-8-6-20(7-9-22)16-5-11-26-18(16)4-10-25-20/h2-3,5,11-12H,4,6-10,13H2,1H3. The van der Waals surface area contributed by atoms with Crippen LogP contribution in [0.4, 0.5) is 0 Å². The molecule has 1 fully saturated rings. The highest BCUT2D eigenvalue weighted by Crippen LogP contribution is 2.43. The second-order valence-electron chi connectivity index (χ2n) is 6.93. The molecule has 0 unspecified atom stereocenters. The summed E-state index contributed by atoms with van der Waals surface area (Å²) in [6, 6.07) is 7.62. The first-order valence-electron chi connectivity index (χ1n) is 8.95. The minimum Gasteiger partial charge on any atom is -0.483 e. The number of halogens is 1. The van der Waals surface area contributed by atoms with Crippen LogP contribution in [0.5, 0.6) is 5.75 Å². The van der Waals surface area contributed by atoms with E-state index in [1.54, 1.807) is 6.07 Å². The zero-order valence-corrected chi connectivity index (χ0v) is 16.4. The number of hydrogen-bond donors (Lipinski definition) is 0. The molecule has 26 heavy (non-hydrogen) atoms. The lowest BCUT2D eigenvalue weighted by atomic mass is 9.82. The minimum absolute atomic E-state index is 0.0237. The lowest BCUT2D eigenvalue weighted by Gasteiger charge is -2.44. The van der Waals surface area contributed by atoms with Gasteiger partial charge in [0, 0.05) is 29.4 Å². The number of hydrogen-bond acceptors (Lipinski definition) is 4. The van der Waals surface area contributed by atoms with Crippen LogP contribution in [0.1, 0.15) is 28.8 Å². The Kier molecular flexibility index (Phi) is 4.95. The third kappa shape index (κ3) is 3.36. The van der Waals surface area contributed by atoms with E-state index in [2.05, 4.69) is 11.4 Å². The number of ether oxygens (including phenoxy) is 2. The Morgan fingerprint density at radius 1 is 1.35 bits per heavy atom. The summed E-state index contributed by atoms with van der Waals surface area (Å²) in [4.78, 5) is 15.9. The van der Waals surface area contributed by atoms with Gasteiger partial charge >= 0.3 is 0 Å². The first kappa shape index (κ1) is 17.8. The molecule has 1 aromatic carbocycles. The highest BCUT2D eigenvalue weighted by molar-refractivity contribution is 7.10. The summed E-state index contributed by atoms with van der Waals surface area (Å²) in [6.07, 6.45) is 2.70. The molecule has 4 rings (SSSR count). The fraction of sp³-hybridized carbons (Fsp3) is 0.450. The predicted molar refractivity (Wildman–Crippen MR) is 103 cm³/mol. The van der Waals surface area contributed by atoms with Crippen molar-refractivity contribution in [1.82, 2.24) is 4.90 Å². The van der Waals surface area contributed by atoms with Gasteiger partial charge in [-0.25, -0.2) is 0 Å². The van der Waals surface area contributed by atoms with Crippen LogP contribution in [0.2, 0.25) is 5.02 Å². The molecule has 1 aromatic heterocycles. The smallest absolute Gasteiger partial charge is 0.260 e. The van der Waals surface area contributed by atoms with Crippen molar-refractivity contribution in [2.24, 2.45) is 0 Å². The van der Waals surface area contributed by atoms with Crippen LogP contribution in [0, 0.1) is 6.92 Å². The Hall–Kier alpha value is -1.56. The lowest BCUT2D eigenvalue weighted by Crippen LogP contribution is -2.49. The van der Waals surface area contributed by atoms with Crippen molar-refractivity contribution in [3.8, 4) is 5.75 Å². The number of carbonyl (C=O) groups is 1. The number of benzene rings is 1. The number of aryl methyl sites for hydroxylation is 1.